The fraction of sp³-hybridized carbons (Fsp3) is 0. The van der Waals surface area contributed by atoms with E-state index >= 15 is 0 Å². The first-order valence-electron chi connectivity index (χ1n) is 5.91. The van der Waals surface area contributed by atoms with Crippen molar-refractivity contribution in [1.82, 2.24) is 0 Å². The summed E-state index contributed by atoms with van der Waals surface area (Å²) in [5.74, 6) is -1.74. The second kappa shape index (κ2) is 4.93. The van der Waals surface area contributed by atoms with Crippen LogP contribution in [0, 0.1) is 20.7 Å². The van der Waals surface area contributed by atoms with Gasteiger partial charge < -0.3 is 0 Å². The number of fused-ring (bicyclic) bond motifs is 1. The van der Waals surface area contributed by atoms with E-state index in [2.05, 4.69) is 0 Å². The number of rotatable bonds is 1. The Bertz CT molecular complexity index is 807. The zero-order valence-electron chi connectivity index (χ0n) is 10.4. The molecule has 0 aliphatic carbocycles. The Kier molecular flexibility index (Phi) is 3.22. The minimum Gasteiger partial charge on any atom is -0.268 e. The lowest BCUT2D eigenvalue weighted by molar-refractivity contribution is 0.0926. The van der Waals surface area contributed by atoms with Gasteiger partial charge in [0.25, 0.3) is 11.8 Å². The van der Waals surface area contributed by atoms with Gasteiger partial charge in [-0.2, -0.15) is 5.26 Å². The normalized spacial score (nSPS) is 13.3. The lowest BCUT2D eigenvalue weighted by Crippen LogP contribution is -2.30. The molecule has 0 radical (unpaired) electrons. The molecule has 1 aliphatic rings. The van der Waals surface area contributed by atoms with Crippen molar-refractivity contribution in [2.24, 2.45) is 0 Å². The minimum atomic E-state index is -0.760. The van der Waals surface area contributed by atoms with Crippen molar-refractivity contribution < 1.29 is 14.0 Å². The van der Waals surface area contributed by atoms with Gasteiger partial charge in [0.05, 0.1) is 22.4 Å². The molecule has 21 heavy (non-hydrogen) atoms. The monoisotopic (exact) mass is 392 g/mol. The van der Waals surface area contributed by atoms with E-state index in [0.717, 1.165) is 11.0 Å². The Morgan fingerprint density at radius 3 is 2.19 bits per heavy atom. The number of hydrogen-bond acceptors (Lipinski definition) is 3. The van der Waals surface area contributed by atoms with Crippen LogP contribution in [0.2, 0.25) is 0 Å². The molecular formula is C15H6FIN2O2. The molecule has 0 aromatic heterocycles. The molecule has 0 saturated heterocycles. The molecule has 2 aromatic rings. The number of nitriles is 1. The number of benzene rings is 2. The molecule has 4 nitrogen and oxygen atoms in total. The van der Waals surface area contributed by atoms with Crippen LogP contribution in [-0.2, 0) is 0 Å². The van der Waals surface area contributed by atoms with Crippen LogP contribution in [0.4, 0.5) is 10.1 Å². The molecule has 0 bridgehead atoms. The SMILES string of the molecule is N#Cc1cc(I)c(N2C(=O)c3ccccc3C2=O)cc1F. The summed E-state index contributed by atoms with van der Waals surface area (Å²) in [5.41, 5.74) is 0.615. The Balaban J connectivity index is 2.16. The molecular weight excluding hydrogens is 386 g/mol. The standard InChI is InChI=1S/C15H6FIN2O2/c16-11-6-13(12(17)5-8(11)7-18)19-14(20)9-3-1-2-4-10(9)15(19)21/h1-6H. The van der Waals surface area contributed by atoms with E-state index in [-0.39, 0.29) is 11.3 Å². The Morgan fingerprint density at radius 1 is 1.10 bits per heavy atom. The van der Waals surface area contributed by atoms with Gasteiger partial charge in [-0.3, -0.25) is 9.59 Å². The summed E-state index contributed by atoms with van der Waals surface area (Å²) in [6.07, 6.45) is 0. The van der Waals surface area contributed by atoms with Crippen molar-refractivity contribution in [3.8, 4) is 6.07 Å². The highest BCUT2D eigenvalue weighted by molar-refractivity contribution is 14.1. The number of amides is 2. The van der Waals surface area contributed by atoms with E-state index in [1.54, 1.807) is 30.3 Å². The summed E-state index contributed by atoms with van der Waals surface area (Å²) in [5, 5.41) is 8.80. The number of halogens is 2. The molecule has 102 valence electrons. The van der Waals surface area contributed by atoms with E-state index in [1.165, 1.54) is 6.07 Å². The van der Waals surface area contributed by atoms with E-state index < -0.39 is 17.6 Å². The molecule has 0 saturated carbocycles. The van der Waals surface area contributed by atoms with Gasteiger partial charge in [0.2, 0.25) is 0 Å². The van der Waals surface area contributed by atoms with Gasteiger partial charge in [-0.05, 0) is 40.8 Å². The molecule has 2 amide bonds. The molecule has 0 unspecified atom stereocenters. The van der Waals surface area contributed by atoms with E-state index in [4.69, 9.17) is 5.26 Å². The maximum absolute atomic E-state index is 13.8. The molecule has 3 rings (SSSR count). The topological polar surface area (TPSA) is 61.2 Å². The number of carbonyl (C=O) groups is 2. The van der Waals surface area contributed by atoms with Gasteiger partial charge >= 0.3 is 0 Å². The average Bonchev–Trinajstić information content (AvgIpc) is 2.74. The van der Waals surface area contributed by atoms with E-state index in [0.29, 0.717) is 14.7 Å². The molecule has 0 atom stereocenters. The van der Waals surface area contributed by atoms with Crippen molar-refractivity contribution in [2.45, 2.75) is 0 Å². The molecule has 2 aromatic carbocycles. The zero-order chi connectivity index (χ0) is 15.1. The fourth-order valence-corrected chi connectivity index (χ4v) is 2.91. The third-order valence-corrected chi connectivity index (χ3v) is 4.06. The summed E-state index contributed by atoms with van der Waals surface area (Å²) in [6.45, 7) is 0. The van der Waals surface area contributed by atoms with Crippen molar-refractivity contribution in [3.05, 3.63) is 62.5 Å². The zero-order valence-corrected chi connectivity index (χ0v) is 12.6. The number of hydrogen-bond donors (Lipinski definition) is 0. The van der Waals surface area contributed by atoms with Gasteiger partial charge in [0.15, 0.2) is 0 Å². The number of carbonyl (C=O) groups excluding carboxylic acids is 2. The first-order chi connectivity index (χ1) is 10.0. The largest absolute Gasteiger partial charge is 0.268 e. The number of anilines is 1. The average molecular weight is 392 g/mol. The fourth-order valence-electron chi connectivity index (χ4n) is 2.20. The molecule has 0 spiro atoms. The highest BCUT2D eigenvalue weighted by Crippen LogP contribution is 2.32. The third kappa shape index (κ3) is 2.01. The Morgan fingerprint density at radius 2 is 1.67 bits per heavy atom. The first-order valence-corrected chi connectivity index (χ1v) is 6.99. The van der Waals surface area contributed by atoms with Crippen LogP contribution in [0.3, 0.4) is 0 Å². The van der Waals surface area contributed by atoms with Crippen LogP contribution in [0.15, 0.2) is 36.4 Å². The van der Waals surface area contributed by atoms with Gasteiger partial charge in [-0.15, -0.1) is 0 Å². The van der Waals surface area contributed by atoms with Crippen LogP contribution < -0.4 is 4.90 Å². The van der Waals surface area contributed by atoms with Crippen LogP contribution in [0.5, 0.6) is 0 Å². The van der Waals surface area contributed by atoms with Crippen molar-refractivity contribution >= 4 is 40.1 Å². The highest BCUT2D eigenvalue weighted by atomic mass is 127. The summed E-state index contributed by atoms with van der Waals surface area (Å²) >= 11 is 1.87. The third-order valence-electron chi connectivity index (χ3n) is 3.19. The van der Waals surface area contributed by atoms with Crippen molar-refractivity contribution in [2.75, 3.05) is 4.90 Å². The molecule has 1 aliphatic heterocycles. The smallest absolute Gasteiger partial charge is 0.266 e. The maximum atomic E-state index is 13.8. The van der Waals surface area contributed by atoms with Gasteiger partial charge in [0.1, 0.15) is 11.9 Å². The molecule has 6 heteroatoms. The van der Waals surface area contributed by atoms with Crippen LogP contribution >= 0.6 is 22.6 Å². The molecule has 0 fully saturated rings. The lowest BCUT2D eigenvalue weighted by atomic mass is 10.1. The van der Waals surface area contributed by atoms with Gasteiger partial charge in [0, 0.05) is 9.64 Å². The predicted molar refractivity (Wildman–Crippen MR) is 81.4 cm³/mol. The summed E-state index contributed by atoms with van der Waals surface area (Å²) < 4.78 is 14.3. The molecule has 1 heterocycles. The second-order valence-electron chi connectivity index (χ2n) is 4.39. The quantitative estimate of drug-likeness (QED) is 0.554. The summed E-state index contributed by atoms with van der Waals surface area (Å²) in [6, 6.07) is 10.5. The second-order valence-corrected chi connectivity index (χ2v) is 5.55. The summed E-state index contributed by atoms with van der Waals surface area (Å²) in [7, 11) is 0. The van der Waals surface area contributed by atoms with Crippen molar-refractivity contribution in [1.29, 1.82) is 5.26 Å². The first kappa shape index (κ1) is 13.7. The molecule has 0 N–H and O–H groups in total. The minimum absolute atomic E-state index is 0.125. The van der Waals surface area contributed by atoms with Gasteiger partial charge in [-0.25, -0.2) is 9.29 Å². The lowest BCUT2D eigenvalue weighted by Gasteiger charge is -2.16. The predicted octanol–water partition coefficient (Wildman–Crippen LogP) is 3.10. The van der Waals surface area contributed by atoms with Crippen LogP contribution in [-0.4, -0.2) is 11.8 Å². The Hall–Kier alpha value is -2.27. The van der Waals surface area contributed by atoms with E-state index in [9.17, 15) is 14.0 Å². The van der Waals surface area contributed by atoms with E-state index in [1.807, 2.05) is 22.6 Å². The van der Waals surface area contributed by atoms with Crippen molar-refractivity contribution in [3.63, 3.8) is 0 Å². The number of imide groups is 1. The van der Waals surface area contributed by atoms with Crippen LogP contribution in [0.25, 0.3) is 0 Å². The Labute approximate surface area is 132 Å². The maximum Gasteiger partial charge on any atom is 0.266 e. The highest BCUT2D eigenvalue weighted by Gasteiger charge is 2.37. The van der Waals surface area contributed by atoms with Crippen LogP contribution in [0.1, 0.15) is 26.3 Å². The number of nitrogens with zero attached hydrogens (tertiary/aromatic N) is 2. The summed E-state index contributed by atoms with van der Waals surface area (Å²) in [4.78, 5) is 25.6. The van der Waals surface area contributed by atoms with Gasteiger partial charge in [-0.1, -0.05) is 12.1 Å².